The predicted molar refractivity (Wildman–Crippen MR) is 461 cm³/mol. The highest BCUT2D eigenvalue weighted by Crippen LogP contribution is 2.47. The Morgan fingerprint density at radius 2 is 0.773 bits per heavy atom. The fourth-order valence-corrected chi connectivity index (χ4v) is 11.7. The highest BCUT2D eigenvalue weighted by atomic mass is 14.4. The summed E-state index contributed by atoms with van der Waals surface area (Å²) in [6.07, 6.45) is 47.5. The standard InChI is InChI=1S/C13H28.C12H24.C12H26.C12H24.C12H26.C12H24.C12H26.C12H24/c1-11(2)9-7-8-10-13(5,6)12(3)4;1-9(2)6-5-7-11-8-12(11)10(3)4;2*1-10(2)6-8-12(5)9-7-11(3)4;2*1-10(2)7-6-8-12(5)9-11(3)4;2*1-10(2)8-6-7-9-12(5)11(3)4/h11-12H,7-10H2,1-6H3;9-12H,5-8H2,1-4H3;10-12H,6-9H2,1-5H3;8,10-11H,6-7,9H2,1-5H3;10-12H,6-9H2,1-5H3;9-11H,6-8H2,1-5H3;10-12H,6-9H2,1-5H3;9-11H,6-8H2,1-5H3/b;;;12-8+;;12-9+;;12-9+. The maximum absolute atomic E-state index is 2.40. The third-order valence-electron chi connectivity index (χ3n) is 20.6. The molecule has 0 heteroatoms. The van der Waals surface area contributed by atoms with E-state index in [1.165, 1.54) is 186 Å². The van der Waals surface area contributed by atoms with E-state index in [0.717, 1.165) is 118 Å². The zero-order valence-corrected chi connectivity index (χ0v) is 76.4. The lowest BCUT2D eigenvalue weighted by Crippen LogP contribution is -2.18. The van der Waals surface area contributed by atoms with E-state index in [0.29, 0.717) is 11.3 Å². The van der Waals surface area contributed by atoms with Gasteiger partial charge in [0.05, 0.1) is 0 Å². The fourth-order valence-electron chi connectivity index (χ4n) is 11.7. The minimum Gasteiger partial charge on any atom is -0.0854 e. The molecule has 0 aliphatic heterocycles. The van der Waals surface area contributed by atoms with Crippen LogP contribution in [0.25, 0.3) is 0 Å². The van der Waals surface area contributed by atoms with E-state index in [9.17, 15) is 0 Å². The van der Waals surface area contributed by atoms with E-state index < -0.39 is 0 Å². The van der Waals surface area contributed by atoms with Crippen molar-refractivity contribution in [3.05, 3.63) is 34.9 Å². The van der Waals surface area contributed by atoms with Crippen LogP contribution in [0.5, 0.6) is 0 Å². The highest BCUT2D eigenvalue weighted by molar-refractivity contribution is 5.01. The van der Waals surface area contributed by atoms with Crippen molar-refractivity contribution in [1.82, 2.24) is 0 Å². The van der Waals surface area contributed by atoms with Crippen LogP contribution in [-0.2, 0) is 0 Å². The number of hydrogen-bond acceptors (Lipinski definition) is 0. The van der Waals surface area contributed by atoms with Crippen molar-refractivity contribution in [2.45, 2.75) is 463 Å². The van der Waals surface area contributed by atoms with Crippen molar-refractivity contribution in [1.29, 1.82) is 0 Å². The maximum atomic E-state index is 2.40. The van der Waals surface area contributed by atoms with Crippen molar-refractivity contribution in [3.63, 3.8) is 0 Å². The third kappa shape index (κ3) is 99.4. The summed E-state index contributed by atoms with van der Waals surface area (Å²) in [6.45, 7) is 92.5. The van der Waals surface area contributed by atoms with Crippen molar-refractivity contribution in [3.8, 4) is 0 Å². The average Bonchev–Trinajstić information content (AvgIpc) is 1.70. The molecule has 4 atom stereocenters. The van der Waals surface area contributed by atoms with Gasteiger partial charge < -0.3 is 0 Å². The minimum absolute atomic E-state index is 0.539. The Hall–Kier alpha value is -0.780. The smallest absolute Gasteiger partial charge is 0.0263 e. The van der Waals surface area contributed by atoms with Gasteiger partial charge in [0, 0.05) is 0 Å². The zero-order valence-electron chi connectivity index (χ0n) is 76.4. The van der Waals surface area contributed by atoms with Crippen LogP contribution in [-0.4, -0.2) is 0 Å². The molecule has 4 unspecified atom stereocenters. The summed E-state index contributed by atoms with van der Waals surface area (Å²) in [5, 5.41) is 0. The topological polar surface area (TPSA) is 0 Å². The molecule has 590 valence electrons. The molecule has 0 N–H and O–H groups in total. The Kier molecular flexibility index (Phi) is 80.1. The molecule has 0 aromatic carbocycles. The summed E-state index contributed by atoms with van der Waals surface area (Å²) in [5.74, 6) is 18.6. The summed E-state index contributed by atoms with van der Waals surface area (Å²) < 4.78 is 0. The van der Waals surface area contributed by atoms with Gasteiger partial charge in [-0.25, -0.2) is 0 Å². The maximum Gasteiger partial charge on any atom is -0.0263 e. The number of hydrogen-bond donors (Lipinski definition) is 0. The monoisotopic (exact) mass is 1370 g/mol. The van der Waals surface area contributed by atoms with Crippen LogP contribution in [0.3, 0.4) is 0 Å². The van der Waals surface area contributed by atoms with Crippen LogP contribution in [0.2, 0.25) is 0 Å². The Labute approximate surface area is 624 Å². The van der Waals surface area contributed by atoms with E-state index in [1.54, 1.807) is 16.7 Å². The first-order chi connectivity index (χ1) is 44.6. The Balaban J connectivity index is -0.000000191. The Morgan fingerprint density at radius 1 is 0.361 bits per heavy atom. The second-order valence-electron chi connectivity index (χ2n) is 39.6. The number of allylic oxidation sites excluding steroid dienone is 6. The minimum atomic E-state index is 0.539. The molecule has 1 rings (SSSR count). The molecule has 0 aromatic heterocycles. The summed E-state index contributed by atoms with van der Waals surface area (Å²) in [4.78, 5) is 0. The first kappa shape index (κ1) is 110. The van der Waals surface area contributed by atoms with Gasteiger partial charge in [-0.05, 0) is 215 Å². The molecule has 0 nitrogen and oxygen atoms in total. The van der Waals surface area contributed by atoms with E-state index in [4.69, 9.17) is 0 Å². The molecule has 1 aliphatic rings. The second-order valence-corrected chi connectivity index (χ2v) is 39.6. The van der Waals surface area contributed by atoms with Crippen molar-refractivity contribution in [2.24, 2.45) is 130 Å². The van der Waals surface area contributed by atoms with Crippen LogP contribution in [0.15, 0.2) is 34.9 Å². The van der Waals surface area contributed by atoms with Crippen LogP contribution in [0.1, 0.15) is 463 Å². The molecule has 0 saturated heterocycles. The van der Waals surface area contributed by atoms with E-state index in [-0.39, 0.29) is 0 Å². The molecule has 0 aromatic rings. The summed E-state index contributed by atoms with van der Waals surface area (Å²) in [7, 11) is 0. The van der Waals surface area contributed by atoms with Crippen molar-refractivity contribution < 1.29 is 0 Å². The van der Waals surface area contributed by atoms with Crippen molar-refractivity contribution in [2.75, 3.05) is 0 Å². The Bertz CT molecular complexity index is 1610. The lowest BCUT2D eigenvalue weighted by atomic mass is 9.77. The lowest BCUT2D eigenvalue weighted by molar-refractivity contribution is 0.220. The normalized spacial score (nSPS) is 15.1. The van der Waals surface area contributed by atoms with Crippen LogP contribution in [0, 0.1) is 130 Å². The number of unbranched alkanes of at least 4 members (excludes halogenated alkanes) is 3. The molecule has 1 fully saturated rings. The molecular formula is C97H202. The zero-order chi connectivity index (χ0) is 77.0. The molecule has 97 heavy (non-hydrogen) atoms. The van der Waals surface area contributed by atoms with E-state index >= 15 is 0 Å². The van der Waals surface area contributed by atoms with Gasteiger partial charge >= 0.3 is 0 Å². The predicted octanol–water partition coefficient (Wildman–Crippen LogP) is 35.7. The van der Waals surface area contributed by atoms with Crippen LogP contribution >= 0.6 is 0 Å². The third-order valence-corrected chi connectivity index (χ3v) is 20.6. The molecule has 1 aliphatic carbocycles. The SMILES string of the molecule is C/C(=C\C(C)C)CCCC(C)C.C/C(=C\CC(C)C)CCC(C)C.C/C(=C\CCCC(C)C)C(C)C.CC(C)CCC(C)CCC(C)C.CC(C)CCCC(C)CC(C)C.CC(C)CCCC1CC1C(C)C.CC(C)CCCCC(C)(C)C(C)C.CC(C)CCCCC(C)C(C)C. The average molecular weight is 1370 g/mol. The molecule has 0 amide bonds. The second kappa shape index (κ2) is 70.9. The first-order valence-electron chi connectivity index (χ1n) is 43.6. The first-order valence-corrected chi connectivity index (χ1v) is 43.6. The van der Waals surface area contributed by atoms with Gasteiger partial charge in [0.1, 0.15) is 0 Å². The summed E-state index contributed by atoms with van der Waals surface area (Å²) >= 11 is 0. The van der Waals surface area contributed by atoms with Gasteiger partial charge in [0.15, 0.2) is 0 Å². The van der Waals surface area contributed by atoms with Gasteiger partial charge in [-0.15, -0.1) is 0 Å². The van der Waals surface area contributed by atoms with Gasteiger partial charge in [-0.1, -0.05) is 413 Å². The van der Waals surface area contributed by atoms with Gasteiger partial charge in [-0.2, -0.15) is 0 Å². The highest BCUT2D eigenvalue weighted by Gasteiger charge is 2.38. The molecule has 0 bridgehead atoms. The molecule has 1 saturated carbocycles. The largest absolute Gasteiger partial charge is 0.0854 e. The lowest BCUT2D eigenvalue weighted by Gasteiger charge is -2.29. The van der Waals surface area contributed by atoms with Crippen LogP contribution < -0.4 is 0 Å². The molecule has 0 heterocycles. The van der Waals surface area contributed by atoms with E-state index in [1.807, 2.05) is 0 Å². The van der Waals surface area contributed by atoms with E-state index in [2.05, 4.69) is 295 Å². The van der Waals surface area contributed by atoms with Gasteiger partial charge in [0.25, 0.3) is 0 Å². The molecule has 0 radical (unpaired) electrons. The van der Waals surface area contributed by atoms with Crippen LogP contribution in [0.4, 0.5) is 0 Å². The van der Waals surface area contributed by atoms with Crippen molar-refractivity contribution >= 4 is 0 Å². The summed E-state index contributed by atoms with van der Waals surface area (Å²) in [6, 6.07) is 0. The van der Waals surface area contributed by atoms with Gasteiger partial charge in [-0.3, -0.25) is 0 Å². The molecular weight excluding hydrogens is 1170 g/mol. The Morgan fingerprint density at radius 3 is 1.15 bits per heavy atom. The van der Waals surface area contributed by atoms with Gasteiger partial charge in [0.2, 0.25) is 0 Å². The summed E-state index contributed by atoms with van der Waals surface area (Å²) in [5.41, 5.74) is 5.21. The molecule has 0 spiro atoms. The fraction of sp³-hybridized carbons (Fsp3) is 0.938. The quantitative estimate of drug-likeness (QED) is 0.0421. The number of rotatable bonds is 44.